The molecule has 1 amide bonds. The van der Waals surface area contributed by atoms with Crippen molar-refractivity contribution in [3.63, 3.8) is 0 Å². The Balaban J connectivity index is 2.12. The Morgan fingerprint density at radius 3 is 2.89 bits per heavy atom. The van der Waals surface area contributed by atoms with Gasteiger partial charge in [-0.15, -0.1) is 11.3 Å². The number of thiazole rings is 1. The van der Waals surface area contributed by atoms with E-state index in [9.17, 15) is 4.79 Å². The van der Waals surface area contributed by atoms with Gasteiger partial charge in [-0.1, -0.05) is 0 Å². The summed E-state index contributed by atoms with van der Waals surface area (Å²) in [5.74, 6) is 0.278. The minimum Gasteiger partial charge on any atom is -0.384 e. The average molecular weight is 262 g/mol. The highest BCUT2D eigenvalue weighted by Gasteiger charge is 2.14. The lowest BCUT2D eigenvalue weighted by molar-refractivity contribution is 0.0786. The van der Waals surface area contributed by atoms with E-state index in [1.54, 1.807) is 40.9 Å². The summed E-state index contributed by atoms with van der Waals surface area (Å²) in [5, 5.41) is 0. The Bertz CT molecular complexity index is 567. The van der Waals surface area contributed by atoms with E-state index in [0.29, 0.717) is 17.9 Å². The van der Waals surface area contributed by atoms with Gasteiger partial charge in [-0.2, -0.15) is 0 Å². The first kappa shape index (κ1) is 12.5. The smallest absolute Gasteiger partial charge is 0.254 e. The second-order valence-corrected chi connectivity index (χ2v) is 4.93. The van der Waals surface area contributed by atoms with Crippen molar-refractivity contribution in [1.82, 2.24) is 14.9 Å². The Morgan fingerprint density at radius 1 is 1.50 bits per heavy atom. The molecule has 0 bridgehead atoms. The third-order valence-corrected chi connectivity index (χ3v) is 3.52. The van der Waals surface area contributed by atoms with E-state index in [2.05, 4.69) is 9.97 Å². The molecule has 0 atom stereocenters. The van der Waals surface area contributed by atoms with Crippen molar-refractivity contribution in [1.29, 1.82) is 0 Å². The molecule has 0 aliphatic heterocycles. The van der Waals surface area contributed by atoms with Crippen LogP contribution >= 0.6 is 11.3 Å². The van der Waals surface area contributed by atoms with Crippen LogP contribution in [0.1, 0.15) is 20.9 Å². The van der Waals surface area contributed by atoms with Gasteiger partial charge < -0.3 is 10.6 Å². The van der Waals surface area contributed by atoms with Crippen LogP contribution in [0.25, 0.3) is 0 Å². The molecule has 5 nitrogen and oxygen atoms in total. The summed E-state index contributed by atoms with van der Waals surface area (Å²) in [7, 11) is 1.76. The zero-order valence-electron chi connectivity index (χ0n) is 10.3. The number of rotatable bonds is 3. The topological polar surface area (TPSA) is 72.1 Å². The van der Waals surface area contributed by atoms with Crippen LogP contribution in [0.4, 0.5) is 5.82 Å². The third-order valence-electron chi connectivity index (χ3n) is 2.60. The number of nitrogens with zero attached hydrogens (tertiary/aromatic N) is 3. The number of nitrogens with two attached hydrogens (primary N) is 1. The molecule has 94 valence electrons. The number of aromatic nitrogens is 2. The van der Waals surface area contributed by atoms with Crippen LogP contribution in [0.15, 0.2) is 23.8 Å². The van der Waals surface area contributed by atoms with Crippen molar-refractivity contribution in [3.8, 4) is 0 Å². The molecule has 0 radical (unpaired) electrons. The Labute approximate surface area is 109 Å². The molecule has 0 saturated carbocycles. The third kappa shape index (κ3) is 2.65. The molecule has 2 heterocycles. The molecular weight excluding hydrogens is 248 g/mol. The summed E-state index contributed by atoms with van der Waals surface area (Å²) >= 11 is 1.55. The fourth-order valence-electron chi connectivity index (χ4n) is 1.57. The van der Waals surface area contributed by atoms with Gasteiger partial charge >= 0.3 is 0 Å². The van der Waals surface area contributed by atoms with Crippen molar-refractivity contribution in [3.05, 3.63) is 40.0 Å². The fraction of sp³-hybridized carbons (Fsp3) is 0.250. The highest BCUT2D eigenvalue weighted by molar-refractivity contribution is 7.09. The standard InChI is InChI=1S/C12H14N4OS/c1-8-10(18-7-15-8)6-16(2)12(17)9-3-4-14-11(13)5-9/h3-5,7H,6H2,1-2H3,(H2,13,14). The molecule has 0 unspecified atom stereocenters. The SMILES string of the molecule is Cc1ncsc1CN(C)C(=O)c1ccnc(N)c1. The maximum absolute atomic E-state index is 12.2. The summed E-state index contributed by atoms with van der Waals surface area (Å²) in [6, 6.07) is 3.24. The quantitative estimate of drug-likeness (QED) is 0.913. The zero-order valence-corrected chi connectivity index (χ0v) is 11.1. The summed E-state index contributed by atoms with van der Waals surface area (Å²) < 4.78 is 0. The molecule has 0 fully saturated rings. The van der Waals surface area contributed by atoms with Crippen molar-refractivity contribution < 1.29 is 4.79 Å². The lowest BCUT2D eigenvalue weighted by Gasteiger charge is -2.16. The molecule has 0 spiro atoms. The van der Waals surface area contributed by atoms with Crippen LogP contribution in [0.2, 0.25) is 0 Å². The first-order chi connectivity index (χ1) is 8.58. The van der Waals surface area contributed by atoms with E-state index >= 15 is 0 Å². The van der Waals surface area contributed by atoms with E-state index < -0.39 is 0 Å². The van der Waals surface area contributed by atoms with Crippen LogP contribution in [0, 0.1) is 6.92 Å². The maximum Gasteiger partial charge on any atom is 0.254 e. The predicted molar refractivity (Wildman–Crippen MR) is 71.3 cm³/mol. The van der Waals surface area contributed by atoms with Gasteiger partial charge in [0, 0.05) is 23.7 Å². The van der Waals surface area contributed by atoms with Crippen LogP contribution < -0.4 is 5.73 Å². The summed E-state index contributed by atoms with van der Waals surface area (Å²) in [4.78, 5) is 22.9. The minimum atomic E-state index is -0.0723. The van der Waals surface area contributed by atoms with Gasteiger partial charge in [-0.25, -0.2) is 9.97 Å². The maximum atomic E-state index is 12.2. The summed E-state index contributed by atoms with van der Waals surface area (Å²) in [6.45, 7) is 2.49. The number of carbonyl (C=O) groups is 1. The fourth-order valence-corrected chi connectivity index (χ4v) is 2.40. The summed E-state index contributed by atoms with van der Waals surface area (Å²) in [5.41, 5.74) is 8.87. The van der Waals surface area contributed by atoms with E-state index in [1.807, 2.05) is 6.92 Å². The van der Waals surface area contributed by atoms with E-state index in [1.165, 1.54) is 6.20 Å². The second kappa shape index (κ2) is 5.14. The monoisotopic (exact) mass is 262 g/mol. The Morgan fingerprint density at radius 2 is 2.28 bits per heavy atom. The first-order valence-corrected chi connectivity index (χ1v) is 6.32. The zero-order chi connectivity index (χ0) is 13.1. The molecule has 0 aromatic carbocycles. The van der Waals surface area contributed by atoms with Gasteiger partial charge in [0.05, 0.1) is 17.7 Å². The van der Waals surface area contributed by atoms with Crippen molar-refractivity contribution >= 4 is 23.1 Å². The van der Waals surface area contributed by atoms with Crippen LogP contribution in [-0.4, -0.2) is 27.8 Å². The number of hydrogen-bond donors (Lipinski definition) is 1. The average Bonchev–Trinajstić information content (AvgIpc) is 2.74. The van der Waals surface area contributed by atoms with Crippen LogP contribution in [-0.2, 0) is 6.54 Å². The second-order valence-electron chi connectivity index (χ2n) is 3.99. The molecular formula is C12H14N4OS. The molecule has 2 aromatic rings. The molecule has 2 N–H and O–H groups in total. The minimum absolute atomic E-state index is 0.0723. The predicted octanol–water partition coefficient (Wildman–Crippen LogP) is 1.70. The van der Waals surface area contributed by atoms with Gasteiger partial charge in [0.25, 0.3) is 5.91 Å². The normalized spacial score (nSPS) is 10.3. The number of aryl methyl sites for hydroxylation is 1. The van der Waals surface area contributed by atoms with Crippen molar-refractivity contribution in [2.45, 2.75) is 13.5 Å². The number of carbonyl (C=O) groups excluding carboxylic acids is 1. The van der Waals surface area contributed by atoms with Gasteiger partial charge in [-0.05, 0) is 19.1 Å². The highest BCUT2D eigenvalue weighted by Crippen LogP contribution is 2.16. The molecule has 2 aromatic heterocycles. The van der Waals surface area contributed by atoms with Crippen molar-refractivity contribution in [2.24, 2.45) is 0 Å². The molecule has 6 heteroatoms. The molecule has 18 heavy (non-hydrogen) atoms. The van der Waals surface area contributed by atoms with E-state index in [4.69, 9.17) is 5.73 Å². The van der Waals surface area contributed by atoms with E-state index in [0.717, 1.165) is 10.6 Å². The number of hydrogen-bond acceptors (Lipinski definition) is 5. The highest BCUT2D eigenvalue weighted by atomic mass is 32.1. The first-order valence-electron chi connectivity index (χ1n) is 5.44. The molecule has 0 saturated heterocycles. The molecule has 0 aliphatic rings. The summed E-state index contributed by atoms with van der Waals surface area (Å²) in [6.07, 6.45) is 1.54. The number of amides is 1. The number of anilines is 1. The van der Waals surface area contributed by atoms with Gasteiger partial charge in [0.15, 0.2) is 0 Å². The lowest BCUT2D eigenvalue weighted by atomic mass is 10.2. The lowest BCUT2D eigenvalue weighted by Crippen LogP contribution is -2.26. The van der Waals surface area contributed by atoms with Crippen LogP contribution in [0.3, 0.4) is 0 Å². The number of pyridine rings is 1. The van der Waals surface area contributed by atoms with Crippen LogP contribution in [0.5, 0.6) is 0 Å². The molecule has 2 rings (SSSR count). The molecule has 0 aliphatic carbocycles. The van der Waals surface area contributed by atoms with E-state index in [-0.39, 0.29) is 5.91 Å². The van der Waals surface area contributed by atoms with Gasteiger partial charge in [0.1, 0.15) is 5.82 Å². The van der Waals surface area contributed by atoms with Gasteiger partial charge in [-0.3, -0.25) is 4.79 Å². The van der Waals surface area contributed by atoms with Gasteiger partial charge in [0.2, 0.25) is 0 Å². The largest absolute Gasteiger partial charge is 0.384 e. The van der Waals surface area contributed by atoms with Crippen molar-refractivity contribution in [2.75, 3.05) is 12.8 Å². The Hall–Kier alpha value is -1.95. The number of nitrogen functional groups attached to an aromatic ring is 1. The Kier molecular flexibility index (Phi) is 3.57.